The molecule has 0 saturated carbocycles. The van der Waals surface area contributed by atoms with Gasteiger partial charge in [0, 0.05) is 10.5 Å². The molecule has 122 valence electrons. The van der Waals surface area contributed by atoms with Gasteiger partial charge in [0.05, 0.1) is 11.1 Å². The minimum absolute atomic E-state index is 0.0671. The summed E-state index contributed by atoms with van der Waals surface area (Å²) in [6, 6.07) is 10.4. The Morgan fingerprint density at radius 2 is 2.17 bits per heavy atom. The van der Waals surface area contributed by atoms with Crippen molar-refractivity contribution in [3.63, 3.8) is 0 Å². The first-order chi connectivity index (χ1) is 11.5. The van der Waals surface area contributed by atoms with Gasteiger partial charge in [-0.15, -0.1) is 0 Å². The number of nitriles is 1. The van der Waals surface area contributed by atoms with Crippen molar-refractivity contribution in [1.82, 2.24) is 4.98 Å². The number of oxazole rings is 1. The quantitative estimate of drug-likeness (QED) is 0.604. The van der Waals surface area contributed by atoms with Crippen LogP contribution in [0.3, 0.4) is 0 Å². The maximum Gasteiger partial charge on any atom is 0.387 e. The van der Waals surface area contributed by atoms with Gasteiger partial charge in [-0.1, -0.05) is 13.0 Å². The number of fused-ring (bicyclic) bond motifs is 1. The highest BCUT2D eigenvalue weighted by atomic mass is 79.9. The van der Waals surface area contributed by atoms with Gasteiger partial charge in [-0.05, 0) is 46.1 Å². The van der Waals surface area contributed by atoms with Crippen molar-refractivity contribution in [2.75, 3.05) is 0 Å². The number of ether oxygens (including phenoxy) is 1. The summed E-state index contributed by atoms with van der Waals surface area (Å²) in [4.78, 5) is 4.38. The molecule has 3 aromatic rings. The van der Waals surface area contributed by atoms with E-state index < -0.39 is 6.61 Å². The van der Waals surface area contributed by atoms with Crippen LogP contribution in [0.4, 0.5) is 8.78 Å². The zero-order chi connectivity index (χ0) is 17.3. The highest BCUT2D eigenvalue weighted by Crippen LogP contribution is 2.33. The summed E-state index contributed by atoms with van der Waals surface area (Å²) >= 11 is 3.31. The van der Waals surface area contributed by atoms with E-state index in [4.69, 9.17) is 4.42 Å². The van der Waals surface area contributed by atoms with Crippen LogP contribution >= 0.6 is 15.9 Å². The third-order valence-electron chi connectivity index (χ3n) is 3.52. The Hall–Kier alpha value is -2.46. The number of halogens is 3. The minimum Gasteiger partial charge on any atom is -0.436 e. The Labute approximate surface area is 144 Å². The molecule has 24 heavy (non-hydrogen) atoms. The minimum atomic E-state index is -2.91. The standard InChI is InChI=1S/C17H11BrF2N2O2/c1-2-9-6-13-15(7-14(9)24-17(19)20)23-16(22-13)10-4-3-5-12(18)11(10)8-21/h3-7,17H,2H2,1H3. The largest absolute Gasteiger partial charge is 0.436 e. The normalized spacial score (nSPS) is 11.0. The number of aryl methyl sites for hydroxylation is 1. The van der Waals surface area contributed by atoms with Crippen LogP contribution in [0.2, 0.25) is 0 Å². The third kappa shape index (κ3) is 2.97. The average molecular weight is 393 g/mol. The predicted octanol–water partition coefficient (Wildman–Crippen LogP) is 5.29. The lowest BCUT2D eigenvalue weighted by molar-refractivity contribution is -0.0503. The SMILES string of the molecule is CCc1cc2nc(-c3cccc(Br)c3C#N)oc2cc1OC(F)F. The molecule has 0 bridgehead atoms. The van der Waals surface area contributed by atoms with E-state index in [0.29, 0.717) is 38.7 Å². The number of aromatic nitrogens is 1. The second kappa shape index (κ2) is 6.57. The Morgan fingerprint density at radius 1 is 1.38 bits per heavy atom. The van der Waals surface area contributed by atoms with Gasteiger partial charge in [-0.2, -0.15) is 14.0 Å². The van der Waals surface area contributed by atoms with Crippen molar-refractivity contribution >= 4 is 27.0 Å². The number of benzene rings is 2. The molecule has 0 spiro atoms. The molecule has 2 aromatic carbocycles. The lowest BCUT2D eigenvalue weighted by Gasteiger charge is -2.08. The fraction of sp³-hybridized carbons (Fsp3) is 0.176. The van der Waals surface area contributed by atoms with Crippen molar-refractivity contribution in [3.8, 4) is 23.3 Å². The first-order valence-electron chi connectivity index (χ1n) is 7.10. The summed E-state index contributed by atoms with van der Waals surface area (Å²) in [7, 11) is 0. The molecule has 3 rings (SSSR count). The molecule has 0 fully saturated rings. The van der Waals surface area contributed by atoms with E-state index in [1.54, 1.807) is 24.3 Å². The summed E-state index contributed by atoms with van der Waals surface area (Å²) in [5.41, 5.74) is 2.37. The molecule has 4 nitrogen and oxygen atoms in total. The van der Waals surface area contributed by atoms with Crippen LogP contribution in [0.5, 0.6) is 5.75 Å². The summed E-state index contributed by atoms with van der Waals surface area (Å²) in [5.74, 6) is 0.316. The summed E-state index contributed by atoms with van der Waals surface area (Å²) in [6.45, 7) is -1.08. The van der Waals surface area contributed by atoms with Gasteiger partial charge in [0.1, 0.15) is 17.3 Å². The molecule has 0 aliphatic heterocycles. The Kier molecular flexibility index (Phi) is 4.49. The number of hydrogen-bond acceptors (Lipinski definition) is 4. The van der Waals surface area contributed by atoms with E-state index in [9.17, 15) is 14.0 Å². The molecule has 0 unspecified atom stereocenters. The van der Waals surface area contributed by atoms with Crippen LogP contribution in [-0.4, -0.2) is 11.6 Å². The van der Waals surface area contributed by atoms with Crippen LogP contribution < -0.4 is 4.74 Å². The van der Waals surface area contributed by atoms with Gasteiger partial charge in [0.25, 0.3) is 0 Å². The van der Waals surface area contributed by atoms with Crippen molar-refractivity contribution < 1.29 is 17.9 Å². The highest BCUT2D eigenvalue weighted by Gasteiger charge is 2.17. The molecular formula is C17H11BrF2N2O2. The van der Waals surface area contributed by atoms with Gasteiger partial charge in [0.2, 0.25) is 5.89 Å². The smallest absolute Gasteiger partial charge is 0.387 e. The molecule has 0 aliphatic carbocycles. The molecule has 0 atom stereocenters. The van der Waals surface area contributed by atoms with Crippen molar-refractivity contribution in [2.24, 2.45) is 0 Å². The molecule has 7 heteroatoms. The first kappa shape index (κ1) is 16.4. The van der Waals surface area contributed by atoms with Crippen LogP contribution in [0.1, 0.15) is 18.1 Å². The molecule has 0 amide bonds. The number of rotatable bonds is 4. The molecule has 1 heterocycles. The van der Waals surface area contributed by atoms with Crippen LogP contribution in [0.25, 0.3) is 22.6 Å². The zero-order valence-electron chi connectivity index (χ0n) is 12.5. The number of hydrogen-bond donors (Lipinski definition) is 0. The average Bonchev–Trinajstić information content (AvgIpc) is 2.95. The topological polar surface area (TPSA) is 59.0 Å². The first-order valence-corrected chi connectivity index (χ1v) is 7.90. The predicted molar refractivity (Wildman–Crippen MR) is 87.9 cm³/mol. The highest BCUT2D eigenvalue weighted by molar-refractivity contribution is 9.10. The summed E-state index contributed by atoms with van der Waals surface area (Å²) in [5, 5.41) is 9.31. The van der Waals surface area contributed by atoms with E-state index in [2.05, 4.69) is 31.7 Å². The monoisotopic (exact) mass is 392 g/mol. The molecule has 0 N–H and O–H groups in total. The van der Waals surface area contributed by atoms with E-state index in [1.165, 1.54) is 6.07 Å². The molecule has 1 aromatic heterocycles. The van der Waals surface area contributed by atoms with Crippen LogP contribution in [0.15, 0.2) is 39.2 Å². The maximum atomic E-state index is 12.5. The van der Waals surface area contributed by atoms with Gasteiger partial charge >= 0.3 is 6.61 Å². The van der Waals surface area contributed by atoms with Gasteiger partial charge in [0.15, 0.2) is 5.58 Å². The van der Waals surface area contributed by atoms with Gasteiger partial charge < -0.3 is 9.15 Å². The van der Waals surface area contributed by atoms with Gasteiger partial charge in [-0.25, -0.2) is 4.98 Å². The second-order valence-electron chi connectivity index (χ2n) is 4.95. The van der Waals surface area contributed by atoms with Gasteiger partial charge in [-0.3, -0.25) is 0 Å². The van der Waals surface area contributed by atoms with E-state index in [1.807, 2.05) is 6.92 Å². The number of alkyl halides is 2. The molecule has 0 aliphatic rings. The van der Waals surface area contributed by atoms with E-state index in [0.717, 1.165) is 0 Å². The van der Waals surface area contributed by atoms with E-state index >= 15 is 0 Å². The zero-order valence-corrected chi connectivity index (χ0v) is 14.1. The molecule has 0 radical (unpaired) electrons. The Balaban J connectivity index is 2.16. The van der Waals surface area contributed by atoms with E-state index in [-0.39, 0.29) is 11.6 Å². The number of nitrogens with zero attached hydrogens (tertiary/aromatic N) is 2. The third-order valence-corrected chi connectivity index (χ3v) is 4.18. The van der Waals surface area contributed by atoms with Crippen LogP contribution in [-0.2, 0) is 6.42 Å². The lowest BCUT2D eigenvalue weighted by Crippen LogP contribution is -2.04. The van der Waals surface area contributed by atoms with Crippen molar-refractivity contribution in [3.05, 3.63) is 45.9 Å². The molecular weight excluding hydrogens is 382 g/mol. The fourth-order valence-electron chi connectivity index (χ4n) is 2.41. The Bertz CT molecular complexity index is 948. The molecule has 0 saturated heterocycles. The summed E-state index contributed by atoms with van der Waals surface area (Å²) < 4.78 is 35.9. The second-order valence-corrected chi connectivity index (χ2v) is 5.81. The Morgan fingerprint density at radius 3 is 2.83 bits per heavy atom. The van der Waals surface area contributed by atoms with Crippen molar-refractivity contribution in [1.29, 1.82) is 5.26 Å². The van der Waals surface area contributed by atoms with Crippen molar-refractivity contribution in [2.45, 2.75) is 20.0 Å². The lowest BCUT2D eigenvalue weighted by atomic mass is 10.1. The summed E-state index contributed by atoms with van der Waals surface area (Å²) in [6.07, 6.45) is 0.514. The van der Waals surface area contributed by atoms with Crippen LogP contribution in [0, 0.1) is 11.3 Å². The fourth-order valence-corrected chi connectivity index (χ4v) is 2.87. The maximum absolute atomic E-state index is 12.5.